The third-order valence-corrected chi connectivity index (χ3v) is 4.52. The predicted molar refractivity (Wildman–Crippen MR) is 85.7 cm³/mol. The van der Waals surface area contributed by atoms with Crippen LogP contribution in [0.2, 0.25) is 0 Å². The van der Waals surface area contributed by atoms with Crippen molar-refractivity contribution in [3.05, 3.63) is 35.0 Å². The molecular weight excluding hydrogens is 290 g/mol. The van der Waals surface area contributed by atoms with Crippen LogP contribution in [0.15, 0.2) is 18.2 Å². The number of hydrogen-bond acceptors (Lipinski definition) is 4. The third-order valence-electron chi connectivity index (χ3n) is 3.42. The first-order valence-corrected chi connectivity index (χ1v) is 7.34. The summed E-state index contributed by atoms with van der Waals surface area (Å²) >= 11 is 1.72. The van der Waals surface area contributed by atoms with Crippen LogP contribution in [0.5, 0.6) is 0 Å². The normalized spacial score (nSPS) is 13.4. The van der Waals surface area contributed by atoms with Crippen LogP contribution in [0, 0.1) is 18.3 Å². The van der Waals surface area contributed by atoms with Crippen molar-refractivity contribution in [2.75, 3.05) is 11.9 Å². The zero-order valence-corrected chi connectivity index (χ0v) is 12.9. The maximum absolute atomic E-state index is 8.97. The highest BCUT2D eigenvalue weighted by Gasteiger charge is 2.15. The Morgan fingerprint density at radius 2 is 2.20 bits per heavy atom. The fourth-order valence-electron chi connectivity index (χ4n) is 2.32. The zero-order chi connectivity index (χ0) is 13.2. The fourth-order valence-corrected chi connectivity index (χ4v) is 3.36. The molecule has 0 aliphatic carbocycles. The molecule has 0 bridgehead atoms. The summed E-state index contributed by atoms with van der Waals surface area (Å²) in [6.45, 7) is 3.01. The predicted octanol–water partition coefficient (Wildman–Crippen LogP) is 4.16. The Hall–Kier alpha value is -1.57. The highest BCUT2D eigenvalue weighted by atomic mass is 35.5. The van der Waals surface area contributed by atoms with Gasteiger partial charge in [-0.3, -0.25) is 0 Å². The van der Waals surface area contributed by atoms with Gasteiger partial charge in [0.25, 0.3) is 0 Å². The van der Waals surface area contributed by atoms with Gasteiger partial charge in [0.15, 0.2) is 0 Å². The first-order chi connectivity index (χ1) is 9.28. The number of nitrogens with zero attached hydrogens (tertiary/aromatic N) is 2. The van der Waals surface area contributed by atoms with Gasteiger partial charge in [-0.15, -0.1) is 12.4 Å². The van der Waals surface area contributed by atoms with Crippen LogP contribution in [-0.2, 0) is 6.42 Å². The van der Waals surface area contributed by atoms with Crippen molar-refractivity contribution < 1.29 is 0 Å². The molecule has 0 saturated carbocycles. The summed E-state index contributed by atoms with van der Waals surface area (Å²) in [4.78, 5) is 4.75. The summed E-state index contributed by atoms with van der Waals surface area (Å²) in [5.41, 5.74) is 4.05. The van der Waals surface area contributed by atoms with E-state index in [1.807, 2.05) is 19.1 Å². The molecule has 104 valence electrons. The minimum atomic E-state index is 0. The van der Waals surface area contributed by atoms with Crippen molar-refractivity contribution in [1.82, 2.24) is 4.98 Å². The number of nitriles is 1. The van der Waals surface area contributed by atoms with E-state index < -0.39 is 0 Å². The molecular formula is C15H16ClN3S. The van der Waals surface area contributed by atoms with E-state index in [1.165, 1.54) is 23.5 Å². The van der Waals surface area contributed by atoms with Gasteiger partial charge in [0.1, 0.15) is 10.0 Å². The fraction of sp³-hybridized carbons (Fsp3) is 0.333. The van der Waals surface area contributed by atoms with Crippen LogP contribution in [0.3, 0.4) is 0 Å². The second-order valence-electron chi connectivity index (χ2n) is 4.82. The van der Waals surface area contributed by atoms with Crippen LogP contribution < -0.4 is 5.32 Å². The number of halogens is 1. The van der Waals surface area contributed by atoms with Crippen molar-refractivity contribution in [3.8, 4) is 16.6 Å². The molecule has 0 unspecified atom stereocenters. The third kappa shape index (κ3) is 2.79. The number of rotatable bonds is 1. The molecule has 0 radical (unpaired) electrons. The summed E-state index contributed by atoms with van der Waals surface area (Å²) < 4.78 is 0. The molecule has 1 aromatic heterocycles. The Bertz CT molecular complexity index is 634. The van der Waals surface area contributed by atoms with E-state index in [1.54, 1.807) is 11.3 Å². The number of fused-ring (bicyclic) bond motifs is 1. The Labute approximate surface area is 129 Å². The topological polar surface area (TPSA) is 48.7 Å². The van der Waals surface area contributed by atoms with Gasteiger partial charge in [-0.05, 0) is 43.9 Å². The first-order valence-electron chi connectivity index (χ1n) is 6.52. The van der Waals surface area contributed by atoms with Crippen molar-refractivity contribution in [2.45, 2.75) is 26.2 Å². The van der Waals surface area contributed by atoms with Gasteiger partial charge in [0.05, 0.1) is 17.3 Å². The molecule has 1 aromatic carbocycles. The van der Waals surface area contributed by atoms with Crippen LogP contribution in [0.25, 0.3) is 10.6 Å². The molecule has 0 fully saturated rings. The second kappa shape index (κ2) is 6.25. The highest BCUT2D eigenvalue weighted by molar-refractivity contribution is 7.19. The summed E-state index contributed by atoms with van der Waals surface area (Å²) in [7, 11) is 0. The van der Waals surface area contributed by atoms with Crippen molar-refractivity contribution in [1.29, 1.82) is 5.26 Å². The van der Waals surface area contributed by atoms with Crippen LogP contribution in [0.4, 0.5) is 5.00 Å². The van der Waals surface area contributed by atoms with Gasteiger partial charge >= 0.3 is 0 Å². The molecule has 1 aliphatic rings. The van der Waals surface area contributed by atoms with E-state index in [2.05, 4.69) is 17.5 Å². The average Bonchev–Trinajstić information content (AvgIpc) is 2.70. The summed E-state index contributed by atoms with van der Waals surface area (Å²) in [6.07, 6.45) is 3.48. The molecule has 2 heterocycles. The molecule has 1 aliphatic heterocycles. The Morgan fingerprint density at radius 3 is 2.95 bits per heavy atom. The van der Waals surface area contributed by atoms with Gasteiger partial charge in [-0.1, -0.05) is 17.4 Å². The molecule has 5 heteroatoms. The van der Waals surface area contributed by atoms with Gasteiger partial charge in [-0.2, -0.15) is 5.26 Å². The molecule has 3 nitrogen and oxygen atoms in total. The standard InChI is InChI=1S/C15H15N3S.ClH/c1-10-8-11(5-6-12(10)9-16)14-18-13-4-2-3-7-17-15(13)19-14;/h5-6,8,17H,2-4,7H2,1H3;1H. The highest BCUT2D eigenvalue weighted by Crippen LogP contribution is 2.34. The minimum Gasteiger partial charge on any atom is -0.375 e. The van der Waals surface area contributed by atoms with Crippen molar-refractivity contribution >= 4 is 28.7 Å². The minimum absolute atomic E-state index is 0. The number of thiazole rings is 1. The van der Waals surface area contributed by atoms with Crippen LogP contribution in [-0.4, -0.2) is 11.5 Å². The van der Waals surface area contributed by atoms with Crippen LogP contribution in [0.1, 0.15) is 29.7 Å². The second-order valence-corrected chi connectivity index (χ2v) is 5.82. The smallest absolute Gasteiger partial charge is 0.125 e. The summed E-state index contributed by atoms with van der Waals surface area (Å²) in [6, 6.07) is 8.12. The van der Waals surface area contributed by atoms with E-state index in [4.69, 9.17) is 10.2 Å². The van der Waals surface area contributed by atoms with Crippen molar-refractivity contribution in [3.63, 3.8) is 0 Å². The molecule has 20 heavy (non-hydrogen) atoms. The van der Waals surface area contributed by atoms with Crippen molar-refractivity contribution in [2.24, 2.45) is 0 Å². The Morgan fingerprint density at radius 1 is 1.35 bits per heavy atom. The zero-order valence-electron chi connectivity index (χ0n) is 11.3. The van der Waals surface area contributed by atoms with E-state index in [0.717, 1.165) is 34.7 Å². The Balaban J connectivity index is 0.00000147. The lowest BCUT2D eigenvalue weighted by Gasteiger charge is -2.01. The molecule has 1 N–H and O–H groups in total. The van der Waals surface area contributed by atoms with Crippen LogP contribution >= 0.6 is 23.7 Å². The van der Waals surface area contributed by atoms with E-state index >= 15 is 0 Å². The van der Waals surface area contributed by atoms with Gasteiger partial charge in [0.2, 0.25) is 0 Å². The quantitative estimate of drug-likeness (QED) is 0.860. The van der Waals surface area contributed by atoms with E-state index in [0.29, 0.717) is 0 Å². The molecule has 2 aromatic rings. The average molecular weight is 306 g/mol. The van der Waals surface area contributed by atoms with Gasteiger partial charge < -0.3 is 5.32 Å². The SMILES string of the molecule is Cc1cc(-c2nc3c(s2)NCCCC3)ccc1C#N.Cl. The largest absolute Gasteiger partial charge is 0.375 e. The lowest BCUT2D eigenvalue weighted by molar-refractivity contribution is 0.775. The molecule has 0 atom stereocenters. The monoisotopic (exact) mass is 305 g/mol. The molecule has 0 saturated heterocycles. The van der Waals surface area contributed by atoms with E-state index in [-0.39, 0.29) is 12.4 Å². The number of aromatic nitrogens is 1. The maximum Gasteiger partial charge on any atom is 0.125 e. The van der Waals surface area contributed by atoms with Gasteiger partial charge in [0, 0.05) is 12.1 Å². The maximum atomic E-state index is 8.97. The lowest BCUT2D eigenvalue weighted by Crippen LogP contribution is -1.96. The summed E-state index contributed by atoms with van der Waals surface area (Å²) in [5, 5.41) is 14.7. The number of benzene rings is 1. The number of anilines is 1. The molecule has 0 amide bonds. The number of aryl methyl sites for hydroxylation is 2. The number of nitrogens with one attached hydrogen (secondary N) is 1. The molecule has 0 spiro atoms. The Kier molecular flexibility index (Phi) is 4.64. The van der Waals surface area contributed by atoms with E-state index in [9.17, 15) is 0 Å². The lowest BCUT2D eigenvalue weighted by atomic mass is 10.1. The number of hydrogen-bond donors (Lipinski definition) is 1. The summed E-state index contributed by atoms with van der Waals surface area (Å²) in [5.74, 6) is 0. The molecule has 3 rings (SSSR count). The van der Waals surface area contributed by atoms with Gasteiger partial charge in [-0.25, -0.2) is 4.98 Å². The first kappa shape index (κ1) is 14.8.